The van der Waals surface area contributed by atoms with Crippen molar-refractivity contribution in [2.45, 2.75) is 33.2 Å². The second kappa shape index (κ2) is 6.88. The van der Waals surface area contributed by atoms with Crippen molar-refractivity contribution in [2.75, 3.05) is 0 Å². The molecule has 2 aromatic carbocycles. The van der Waals surface area contributed by atoms with Gasteiger partial charge in [-0.3, -0.25) is 10.1 Å². The lowest BCUT2D eigenvalue weighted by atomic mass is 10.1. The Labute approximate surface area is 156 Å². The van der Waals surface area contributed by atoms with E-state index < -0.39 is 0 Å². The number of non-ortho nitro benzene ring substituents is 1. The van der Waals surface area contributed by atoms with Gasteiger partial charge in [-0.05, 0) is 39.8 Å². The largest absolute Gasteiger partial charge is 0.311 e. The van der Waals surface area contributed by atoms with Gasteiger partial charge in [-0.1, -0.05) is 29.8 Å². The van der Waals surface area contributed by atoms with Gasteiger partial charge in [0.05, 0.1) is 16.3 Å². The highest BCUT2D eigenvalue weighted by Gasteiger charge is 2.21. The fraction of sp³-hybridized carbons (Fsp3) is 0.250. The molecule has 0 saturated heterocycles. The first-order chi connectivity index (χ1) is 12.3. The number of nitro benzene ring substituents is 1. The van der Waals surface area contributed by atoms with Crippen LogP contribution in [0.5, 0.6) is 0 Å². The van der Waals surface area contributed by atoms with E-state index in [0.29, 0.717) is 0 Å². The smallest absolute Gasteiger partial charge is 0.270 e. The average Bonchev–Trinajstić information content (AvgIpc) is 3.01. The van der Waals surface area contributed by atoms with E-state index >= 15 is 0 Å². The molecule has 0 bridgehead atoms. The van der Waals surface area contributed by atoms with Crippen molar-refractivity contribution in [1.29, 1.82) is 0 Å². The second-order valence-electron chi connectivity index (χ2n) is 7.16. The summed E-state index contributed by atoms with van der Waals surface area (Å²) < 4.78 is 2.14. The van der Waals surface area contributed by atoms with E-state index in [1.807, 2.05) is 42.6 Å². The van der Waals surface area contributed by atoms with Gasteiger partial charge in [0.25, 0.3) is 5.69 Å². The summed E-state index contributed by atoms with van der Waals surface area (Å²) in [6.07, 6.45) is 0. The van der Waals surface area contributed by atoms with Gasteiger partial charge in [0.1, 0.15) is 0 Å². The summed E-state index contributed by atoms with van der Waals surface area (Å²) in [7, 11) is 0. The maximum absolute atomic E-state index is 11.1. The van der Waals surface area contributed by atoms with Crippen molar-refractivity contribution < 1.29 is 4.92 Å². The quantitative estimate of drug-likeness (QED) is 0.458. The first-order valence-electron chi connectivity index (χ1n) is 8.33. The van der Waals surface area contributed by atoms with Crippen molar-refractivity contribution in [2.24, 2.45) is 4.99 Å². The van der Waals surface area contributed by atoms with Crippen molar-refractivity contribution in [3.8, 4) is 11.3 Å². The zero-order chi connectivity index (χ0) is 18.9. The molecule has 0 aliphatic carbocycles. The maximum Gasteiger partial charge on any atom is 0.270 e. The van der Waals surface area contributed by atoms with Gasteiger partial charge in [0.2, 0.25) is 0 Å². The highest BCUT2D eigenvalue weighted by Crippen LogP contribution is 2.29. The van der Waals surface area contributed by atoms with Gasteiger partial charge in [-0.25, -0.2) is 4.99 Å². The van der Waals surface area contributed by atoms with Crippen molar-refractivity contribution >= 4 is 22.7 Å². The van der Waals surface area contributed by atoms with Gasteiger partial charge in [0.15, 0.2) is 4.80 Å². The molecule has 0 atom stereocenters. The Morgan fingerprint density at radius 3 is 2.42 bits per heavy atom. The molecule has 3 rings (SSSR count). The van der Waals surface area contributed by atoms with E-state index in [1.54, 1.807) is 12.1 Å². The standard InChI is InChI=1S/C20H21N3O2S/c1-14-8-10-16(11-9-14)21-19-22(20(2,3)4)18(13-26-19)15-6-5-7-17(12-15)23(24)25/h5-13H,1-4H3. The summed E-state index contributed by atoms with van der Waals surface area (Å²) in [5, 5.41) is 13.1. The van der Waals surface area contributed by atoms with E-state index in [1.165, 1.54) is 23.0 Å². The molecule has 6 heteroatoms. The molecule has 0 saturated carbocycles. The zero-order valence-electron chi connectivity index (χ0n) is 15.3. The molecule has 1 aromatic heterocycles. The monoisotopic (exact) mass is 367 g/mol. The molecule has 3 aromatic rings. The number of aryl methyl sites for hydroxylation is 1. The summed E-state index contributed by atoms with van der Waals surface area (Å²) >= 11 is 1.54. The van der Waals surface area contributed by atoms with Gasteiger partial charge >= 0.3 is 0 Å². The molecule has 1 heterocycles. The Balaban J connectivity index is 2.19. The Kier molecular flexibility index (Phi) is 4.78. The molecular weight excluding hydrogens is 346 g/mol. The first-order valence-corrected chi connectivity index (χ1v) is 9.21. The van der Waals surface area contributed by atoms with Crippen LogP contribution in [0, 0.1) is 17.0 Å². The lowest BCUT2D eigenvalue weighted by Gasteiger charge is -2.24. The minimum absolute atomic E-state index is 0.0891. The summed E-state index contributed by atoms with van der Waals surface area (Å²) in [4.78, 5) is 16.4. The SMILES string of the molecule is Cc1ccc(N=c2scc(-c3cccc([N+](=O)[O-])c3)n2C(C)(C)C)cc1. The van der Waals surface area contributed by atoms with Gasteiger partial charge < -0.3 is 4.57 Å². The molecule has 5 nitrogen and oxygen atoms in total. The molecule has 26 heavy (non-hydrogen) atoms. The van der Waals surface area contributed by atoms with Crippen LogP contribution in [-0.2, 0) is 5.54 Å². The molecule has 0 radical (unpaired) electrons. The van der Waals surface area contributed by atoms with Crippen molar-refractivity contribution in [3.63, 3.8) is 0 Å². The summed E-state index contributed by atoms with van der Waals surface area (Å²) in [5.74, 6) is 0. The van der Waals surface area contributed by atoms with Crippen LogP contribution in [0.4, 0.5) is 11.4 Å². The molecular formula is C20H21N3O2S. The summed E-state index contributed by atoms with van der Waals surface area (Å²) in [6, 6.07) is 14.8. The van der Waals surface area contributed by atoms with E-state index in [2.05, 4.69) is 25.3 Å². The fourth-order valence-electron chi connectivity index (χ4n) is 2.75. The average molecular weight is 367 g/mol. The van der Waals surface area contributed by atoms with Gasteiger partial charge in [-0.15, -0.1) is 11.3 Å². The molecule has 134 valence electrons. The normalized spacial score (nSPS) is 12.4. The minimum Gasteiger partial charge on any atom is -0.311 e. The fourth-order valence-corrected chi connectivity index (χ4v) is 3.84. The lowest BCUT2D eigenvalue weighted by Crippen LogP contribution is -2.31. The minimum atomic E-state index is -0.366. The van der Waals surface area contributed by atoms with Crippen LogP contribution < -0.4 is 4.80 Å². The van der Waals surface area contributed by atoms with Crippen LogP contribution in [0.2, 0.25) is 0 Å². The van der Waals surface area contributed by atoms with E-state index in [9.17, 15) is 10.1 Å². The Bertz CT molecular complexity index is 1010. The predicted molar refractivity (Wildman–Crippen MR) is 106 cm³/mol. The van der Waals surface area contributed by atoms with E-state index in [0.717, 1.165) is 21.7 Å². The van der Waals surface area contributed by atoms with Gasteiger partial charge in [0, 0.05) is 28.6 Å². The highest BCUT2D eigenvalue weighted by molar-refractivity contribution is 7.07. The molecule has 0 amide bonds. The lowest BCUT2D eigenvalue weighted by molar-refractivity contribution is -0.384. The second-order valence-corrected chi connectivity index (χ2v) is 8.00. The molecule has 0 spiro atoms. The molecule has 0 aliphatic rings. The number of hydrogen-bond donors (Lipinski definition) is 0. The predicted octanol–water partition coefficient (Wildman–Crippen LogP) is 5.42. The third-order valence-electron chi connectivity index (χ3n) is 3.99. The van der Waals surface area contributed by atoms with Crippen LogP contribution in [0.1, 0.15) is 26.3 Å². The van der Waals surface area contributed by atoms with Crippen molar-refractivity contribution in [3.05, 3.63) is 74.4 Å². The zero-order valence-corrected chi connectivity index (χ0v) is 16.1. The molecule has 0 unspecified atom stereocenters. The van der Waals surface area contributed by atoms with Crippen LogP contribution in [0.15, 0.2) is 58.9 Å². The maximum atomic E-state index is 11.1. The number of rotatable bonds is 3. The number of hydrogen-bond acceptors (Lipinski definition) is 4. The van der Waals surface area contributed by atoms with Crippen LogP contribution >= 0.6 is 11.3 Å². The van der Waals surface area contributed by atoms with Crippen LogP contribution in [0.3, 0.4) is 0 Å². The van der Waals surface area contributed by atoms with Crippen molar-refractivity contribution in [1.82, 2.24) is 4.57 Å². The molecule has 0 N–H and O–H groups in total. The van der Waals surface area contributed by atoms with E-state index in [4.69, 9.17) is 4.99 Å². The summed E-state index contributed by atoms with van der Waals surface area (Å²) in [5.41, 5.74) is 3.69. The highest BCUT2D eigenvalue weighted by atomic mass is 32.1. The number of benzene rings is 2. The Hall–Kier alpha value is -2.73. The third-order valence-corrected chi connectivity index (χ3v) is 4.82. The number of nitrogens with zero attached hydrogens (tertiary/aromatic N) is 3. The number of aromatic nitrogens is 1. The number of nitro groups is 1. The van der Waals surface area contributed by atoms with Gasteiger partial charge in [-0.2, -0.15) is 0 Å². The Morgan fingerprint density at radius 1 is 1.12 bits per heavy atom. The van der Waals surface area contributed by atoms with Crippen LogP contribution in [0.25, 0.3) is 11.3 Å². The number of thiazole rings is 1. The summed E-state index contributed by atoms with van der Waals surface area (Å²) in [6.45, 7) is 8.36. The Morgan fingerprint density at radius 2 is 1.81 bits per heavy atom. The van der Waals surface area contributed by atoms with E-state index in [-0.39, 0.29) is 16.1 Å². The topological polar surface area (TPSA) is 60.4 Å². The van der Waals surface area contributed by atoms with Crippen LogP contribution in [-0.4, -0.2) is 9.49 Å². The third kappa shape index (κ3) is 3.75. The molecule has 0 fully saturated rings. The first kappa shape index (κ1) is 18.1. The molecule has 0 aliphatic heterocycles.